The van der Waals surface area contributed by atoms with Gasteiger partial charge in [-0.15, -0.1) is 0 Å². The summed E-state index contributed by atoms with van der Waals surface area (Å²) in [5.41, 5.74) is 7.52. The number of aryl methyl sites for hydroxylation is 1. The Kier molecular flexibility index (Phi) is 4.44. The number of rotatable bonds is 4. The van der Waals surface area contributed by atoms with Crippen molar-refractivity contribution in [1.82, 2.24) is 0 Å². The zero-order chi connectivity index (χ0) is 15.6. The van der Waals surface area contributed by atoms with E-state index >= 15 is 0 Å². The third-order valence-corrected chi connectivity index (χ3v) is 5.46. The third kappa shape index (κ3) is 2.99. The van der Waals surface area contributed by atoms with Gasteiger partial charge in [0.05, 0.1) is 21.3 Å². The number of hydrogen-bond donors (Lipinski definition) is 1. The molecule has 112 valence electrons. The molecule has 2 rings (SSSR count). The van der Waals surface area contributed by atoms with Crippen molar-refractivity contribution in [3.8, 4) is 0 Å². The lowest BCUT2D eigenvalue weighted by molar-refractivity contribution is 0.592. The van der Waals surface area contributed by atoms with E-state index in [0.717, 1.165) is 5.56 Å². The zero-order valence-corrected chi connectivity index (χ0v) is 13.4. The fraction of sp³-hybridized carbons (Fsp3) is 0.200. The molecule has 2 N–H and O–H groups in total. The van der Waals surface area contributed by atoms with Crippen LogP contribution in [-0.2, 0) is 10.0 Å². The molecule has 0 unspecified atom stereocenters. The first-order chi connectivity index (χ1) is 9.87. The topological polar surface area (TPSA) is 63.4 Å². The Morgan fingerprint density at radius 1 is 1.19 bits per heavy atom. The van der Waals surface area contributed by atoms with Crippen molar-refractivity contribution >= 4 is 33.0 Å². The minimum absolute atomic E-state index is 0.134. The van der Waals surface area contributed by atoms with Gasteiger partial charge in [-0.1, -0.05) is 29.8 Å². The molecule has 0 atom stereocenters. The van der Waals surface area contributed by atoms with Crippen LogP contribution in [0.25, 0.3) is 0 Å². The molecule has 0 amide bonds. The number of sulfonamides is 1. The number of nitrogen functional groups attached to an aromatic ring is 1. The first-order valence-corrected chi connectivity index (χ1v) is 8.33. The molecule has 0 bridgehead atoms. The van der Waals surface area contributed by atoms with Gasteiger partial charge in [0.25, 0.3) is 10.0 Å². The van der Waals surface area contributed by atoms with Crippen LogP contribution in [0.3, 0.4) is 0 Å². The quantitative estimate of drug-likeness (QED) is 0.876. The summed E-state index contributed by atoms with van der Waals surface area (Å²) in [5.74, 6) is 0. The van der Waals surface area contributed by atoms with Crippen LogP contribution in [-0.4, -0.2) is 15.0 Å². The minimum atomic E-state index is -3.67. The molecule has 4 nitrogen and oxygen atoms in total. The molecular formula is C15H17ClN2O2S. The fourth-order valence-electron chi connectivity index (χ4n) is 2.12. The van der Waals surface area contributed by atoms with Gasteiger partial charge in [-0.3, -0.25) is 4.31 Å². The first kappa shape index (κ1) is 15.7. The van der Waals surface area contributed by atoms with Crippen LogP contribution in [0, 0.1) is 6.92 Å². The maximum absolute atomic E-state index is 12.8. The number of halogens is 1. The highest BCUT2D eigenvalue weighted by Gasteiger charge is 2.25. The maximum Gasteiger partial charge on any atom is 0.264 e. The standard InChI is InChI=1S/C15H17ClN2O2S/c1-3-18(15-7-5-4-6-11(15)2)21(19,20)12-8-9-13(16)14(17)10-12/h4-10H,3,17H2,1-2H3. The van der Waals surface area contributed by atoms with Crippen molar-refractivity contribution in [1.29, 1.82) is 0 Å². The van der Waals surface area contributed by atoms with Crippen LogP contribution < -0.4 is 10.0 Å². The van der Waals surface area contributed by atoms with Gasteiger partial charge in [0.15, 0.2) is 0 Å². The van der Waals surface area contributed by atoms with E-state index in [2.05, 4.69) is 0 Å². The molecule has 0 aliphatic carbocycles. The molecule has 6 heteroatoms. The van der Waals surface area contributed by atoms with E-state index in [9.17, 15) is 8.42 Å². The van der Waals surface area contributed by atoms with E-state index in [0.29, 0.717) is 17.3 Å². The molecule has 2 aromatic rings. The summed E-state index contributed by atoms with van der Waals surface area (Å²) < 4.78 is 27.0. The van der Waals surface area contributed by atoms with Crippen molar-refractivity contribution in [2.75, 3.05) is 16.6 Å². The van der Waals surface area contributed by atoms with Gasteiger partial charge >= 0.3 is 0 Å². The summed E-state index contributed by atoms with van der Waals surface area (Å²) in [6.45, 7) is 4.00. The maximum atomic E-state index is 12.8. The Hall–Kier alpha value is -1.72. The van der Waals surface area contributed by atoms with Gasteiger partial charge in [-0.2, -0.15) is 0 Å². The van der Waals surface area contributed by atoms with Crippen LogP contribution in [0.1, 0.15) is 12.5 Å². The fourth-order valence-corrected chi connectivity index (χ4v) is 3.81. The predicted octanol–water partition coefficient (Wildman–Crippen LogP) is 3.45. The second kappa shape index (κ2) is 5.95. The summed E-state index contributed by atoms with van der Waals surface area (Å²) in [6, 6.07) is 11.7. The molecule has 0 saturated heterocycles. The van der Waals surface area contributed by atoms with Crippen molar-refractivity contribution in [2.45, 2.75) is 18.7 Å². The monoisotopic (exact) mass is 324 g/mol. The lowest BCUT2D eigenvalue weighted by Gasteiger charge is -2.24. The van der Waals surface area contributed by atoms with Crippen molar-refractivity contribution < 1.29 is 8.42 Å². The van der Waals surface area contributed by atoms with Crippen LogP contribution in [0.4, 0.5) is 11.4 Å². The molecule has 0 aliphatic heterocycles. The number of anilines is 2. The van der Waals surface area contributed by atoms with E-state index in [1.54, 1.807) is 13.0 Å². The highest BCUT2D eigenvalue weighted by molar-refractivity contribution is 7.92. The number of benzene rings is 2. The molecule has 21 heavy (non-hydrogen) atoms. The Morgan fingerprint density at radius 2 is 1.86 bits per heavy atom. The summed E-state index contributed by atoms with van der Waals surface area (Å²) in [7, 11) is -3.67. The SMILES string of the molecule is CCN(c1ccccc1C)S(=O)(=O)c1ccc(Cl)c(N)c1. The van der Waals surface area contributed by atoms with Crippen molar-refractivity contribution in [3.63, 3.8) is 0 Å². The Balaban J connectivity index is 2.55. The van der Waals surface area contributed by atoms with Gasteiger partial charge in [0.2, 0.25) is 0 Å². The minimum Gasteiger partial charge on any atom is -0.397 e. The lowest BCUT2D eigenvalue weighted by atomic mass is 10.2. The highest BCUT2D eigenvalue weighted by Crippen LogP contribution is 2.29. The molecule has 0 aliphatic rings. The summed E-state index contributed by atoms with van der Waals surface area (Å²) in [6.07, 6.45) is 0. The summed E-state index contributed by atoms with van der Waals surface area (Å²) >= 11 is 5.85. The third-order valence-electron chi connectivity index (χ3n) is 3.23. The highest BCUT2D eigenvalue weighted by atomic mass is 35.5. The van der Waals surface area contributed by atoms with Gasteiger partial charge in [0, 0.05) is 6.54 Å². The van der Waals surface area contributed by atoms with Crippen LogP contribution in [0.15, 0.2) is 47.4 Å². The lowest BCUT2D eigenvalue weighted by Crippen LogP contribution is -2.31. The van der Waals surface area contributed by atoms with Gasteiger partial charge in [-0.05, 0) is 43.7 Å². The summed E-state index contributed by atoms with van der Waals surface area (Å²) in [4.78, 5) is 0.134. The van der Waals surface area contributed by atoms with E-state index in [4.69, 9.17) is 17.3 Å². The number of para-hydroxylation sites is 1. The first-order valence-electron chi connectivity index (χ1n) is 6.51. The Labute approximate surface area is 130 Å². The Morgan fingerprint density at radius 3 is 2.43 bits per heavy atom. The molecule has 0 saturated carbocycles. The van der Waals surface area contributed by atoms with Gasteiger partial charge in [0.1, 0.15) is 0 Å². The Bertz CT molecular complexity index is 760. The van der Waals surface area contributed by atoms with E-state index < -0.39 is 10.0 Å². The largest absolute Gasteiger partial charge is 0.397 e. The molecule has 0 aromatic heterocycles. The average molecular weight is 325 g/mol. The van der Waals surface area contributed by atoms with Crippen molar-refractivity contribution in [2.24, 2.45) is 0 Å². The molecule has 0 spiro atoms. The van der Waals surface area contributed by atoms with E-state index in [1.165, 1.54) is 22.5 Å². The zero-order valence-electron chi connectivity index (χ0n) is 11.9. The van der Waals surface area contributed by atoms with E-state index in [1.807, 2.05) is 25.1 Å². The van der Waals surface area contributed by atoms with E-state index in [-0.39, 0.29) is 10.6 Å². The molecular weight excluding hydrogens is 308 g/mol. The second-order valence-electron chi connectivity index (χ2n) is 4.64. The number of nitrogens with two attached hydrogens (primary N) is 1. The predicted molar refractivity (Wildman–Crippen MR) is 87.2 cm³/mol. The second-order valence-corrected chi connectivity index (χ2v) is 6.91. The number of hydrogen-bond acceptors (Lipinski definition) is 3. The molecule has 2 aromatic carbocycles. The van der Waals surface area contributed by atoms with Gasteiger partial charge < -0.3 is 5.73 Å². The smallest absolute Gasteiger partial charge is 0.264 e. The average Bonchev–Trinajstić information content (AvgIpc) is 2.44. The number of nitrogens with zero attached hydrogens (tertiary/aromatic N) is 1. The normalized spacial score (nSPS) is 11.4. The van der Waals surface area contributed by atoms with Crippen LogP contribution in [0.2, 0.25) is 5.02 Å². The molecule has 0 fully saturated rings. The molecule has 0 heterocycles. The van der Waals surface area contributed by atoms with Crippen molar-refractivity contribution in [3.05, 3.63) is 53.1 Å². The summed E-state index contributed by atoms with van der Waals surface area (Å²) in [5, 5.41) is 0.341. The van der Waals surface area contributed by atoms with Crippen LogP contribution >= 0.6 is 11.6 Å². The van der Waals surface area contributed by atoms with Crippen LogP contribution in [0.5, 0.6) is 0 Å². The molecule has 0 radical (unpaired) electrons. The van der Waals surface area contributed by atoms with Gasteiger partial charge in [-0.25, -0.2) is 8.42 Å².